The second kappa shape index (κ2) is 10.9. The summed E-state index contributed by atoms with van der Waals surface area (Å²) >= 11 is 5.66. The first-order valence-corrected chi connectivity index (χ1v) is 8.73. The van der Waals surface area contributed by atoms with Crippen molar-refractivity contribution in [2.75, 3.05) is 5.32 Å². The SMILES string of the molecule is CC(=S)Nc1cc(S(=O)(=O)[O-])cc2cc(SOO[O-])cc(C)c12.[Na+].[Na+]. The molecule has 0 heterocycles. The van der Waals surface area contributed by atoms with E-state index in [9.17, 15) is 18.2 Å². The first-order chi connectivity index (χ1) is 10.7. The summed E-state index contributed by atoms with van der Waals surface area (Å²) in [6.45, 7) is 3.43. The van der Waals surface area contributed by atoms with Gasteiger partial charge in [0.2, 0.25) is 0 Å². The van der Waals surface area contributed by atoms with Crippen molar-refractivity contribution < 1.29 is 86.7 Å². The maximum atomic E-state index is 11.3. The number of nitrogens with one attached hydrogen (secondary N) is 1. The molecule has 2 aromatic carbocycles. The van der Waals surface area contributed by atoms with Crippen LogP contribution in [0.2, 0.25) is 0 Å². The number of rotatable bonds is 5. The molecule has 25 heavy (non-hydrogen) atoms. The Bertz CT molecular complexity index is 876. The van der Waals surface area contributed by atoms with Crippen LogP contribution in [0.4, 0.5) is 5.69 Å². The summed E-state index contributed by atoms with van der Waals surface area (Å²) in [7, 11) is -4.64. The number of fused-ring (bicyclic) bond motifs is 1. The average Bonchev–Trinajstić information content (AvgIpc) is 2.42. The molecule has 0 unspecified atom stereocenters. The minimum atomic E-state index is -4.64. The number of aryl methyl sites for hydroxylation is 1. The Morgan fingerprint density at radius 2 is 1.88 bits per heavy atom. The molecule has 1 N–H and O–H groups in total. The van der Waals surface area contributed by atoms with E-state index in [1.54, 1.807) is 26.0 Å². The molecule has 2 aromatic rings. The van der Waals surface area contributed by atoms with Gasteiger partial charge in [-0.1, -0.05) is 12.2 Å². The summed E-state index contributed by atoms with van der Waals surface area (Å²) < 4.78 is 38.3. The van der Waals surface area contributed by atoms with Gasteiger partial charge in [-0.15, -0.1) is 0 Å². The van der Waals surface area contributed by atoms with Crippen molar-refractivity contribution in [1.29, 1.82) is 0 Å². The van der Waals surface area contributed by atoms with E-state index in [1.807, 2.05) is 0 Å². The molecule has 0 bridgehead atoms. The van der Waals surface area contributed by atoms with Crippen LogP contribution in [0.25, 0.3) is 10.8 Å². The monoisotopic (exact) mass is 419 g/mol. The van der Waals surface area contributed by atoms with E-state index >= 15 is 0 Å². The fourth-order valence-electron chi connectivity index (χ4n) is 2.21. The average molecular weight is 419 g/mol. The zero-order valence-corrected chi connectivity index (χ0v) is 20.4. The smallest absolute Gasteiger partial charge is 0.744 e. The van der Waals surface area contributed by atoms with Crippen LogP contribution in [0.5, 0.6) is 0 Å². The van der Waals surface area contributed by atoms with Crippen LogP contribution in [-0.2, 0) is 19.5 Å². The largest absolute Gasteiger partial charge is 1.00 e. The minimum absolute atomic E-state index is 0. The Hall–Kier alpha value is 0.730. The van der Waals surface area contributed by atoms with Gasteiger partial charge >= 0.3 is 59.1 Å². The second-order valence-electron chi connectivity index (χ2n) is 4.66. The fourth-order valence-corrected chi connectivity index (χ4v) is 3.36. The molecular weight excluding hydrogens is 408 g/mol. The fraction of sp³-hybridized carbons (Fsp3) is 0.154. The molecule has 12 heteroatoms. The molecule has 0 aliphatic rings. The summed E-state index contributed by atoms with van der Waals surface area (Å²) in [6.07, 6.45) is 0. The molecule has 2 rings (SSSR count). The minimum Gasteiger partial charge on any atom is -0.744 e. The van der Waals surface area contributed by atoms with E-state index in [-0.39, 0.29) is 64.0 Å². The summed E-state index contributed by atoms with van der Waals surface area (Å²) in [5, 5.41) is 17.3. The summed E-state index contributed by atoms with van der Waals surface area (Å²) in [6, 6.07) is 5.81. The zero-order chi connectivity index (χ0) is 17.2. The normalized spacial score (nSPS) is 10.7. The van der Waals surface area contributed by atoms with Crippen LogP contribution >= 0.6 is 24.3 Å². The van der Waals surface area contributed by atoms with Crippen molar-refractivity contribution in [3.63, 3.8) is 0 Å². The van der Waals surface area contributed by atoms with Gasteiger partial charge in [-0.2, -0.15) is 4.33 Å². The van der Waals surface area contributed by atoms with Gasteiger partial charge in [0.15, 0.2) is 0 Å². The number of anilines is 1. The van der Waals surface area contributed by atoms with Crippen LogP contribution in [0.3, 0.4) is 0 Å². The Morgan fingerprint density at radius 1 is 1.24 bits per heavy atom. The van der Waals surface area contributed by atoms with Gasteiger partial charge in [0, 0.05) is 16.0 Å². The zero-order valence-electron chi connectivity index (χ0n) is 14.0. The van der Waals surface area contributed by atoms with Crippen LogP contribution in [0, 0.1) is 6.92 Å². The first kappa shape index (κ1) is 25.7. The predicted molar refractivity (Wildman–Crippen MR) is 86.6 cm³/mol. The molecule has 7 nitrogen and oxygen atoms in total. The number of hydrogen-bond donors (Lipinski definition) is 1. The molecule has 0 amide bonds. The summed E-state index contributed by atoms with van der Waals surface area (Å²) in [5.41, 5.74) is 1.19. The van der Waals surface area contributed by atoms with Crippen molar-refractivity contribution in [3.8, 4) is 0 Å². The van der Waals surface area contributed by atoms with E-state index in [1.165, 1.54) is 12.1 Å². The van der Waals surface area contributed by atoms with Crippen molar-refractivity contribution in [2.45, 2.75) is 23.6 Å². The van der Waals surface area contributed by atoms with Crippen molar-refractivity contribution >= 4 is 55.8 Å². The number of thiocarbonyl (C=S) groups is 1. The third kappa shape index (κ3) is 7.00. The van der Waals surface area contributed by atoms with Crippen LogP contribution in [0.1, 0.15) is 12.5 Å². The quantitative estimate of drug-likeness (QED) is 0.130. The topological polar surface area (TPSA) is 111 Å². The molecule has 0 fully saturated rings. The van der Waals surface area contributed by atoms with Crippen LogP contribution in [0.15, 0.2) is 34.1 Å². The van der Waals surface area contributed by atoms with Gasteiger partial charge in [-0.05, 0) is 49.1 Å². The van der Waals surface area contributed by atoms with Gasteiger partial charge in [0.25, 0.3) is 0 Å². The first-order valence-electron chi connectivity index (χ1n) is 6.17. The van der Waals surface area contributed by atoms with Gasteiger partial charge in [-0.25, -0.2) is 8.42 Å². The Labute approximate surface area is 199 Å². The molecule has 124 valence electrons. The standard InChI is InChI=1S/C13H13NO6S3.2Na/c1-7-3-10(22-20-19-15)4-9-5-11(23(16,17)18)6-12(13(7)9)14-8(2)21;;/h3-6,15H,1-2H3,(H,14,21)(H,16,17,18);;/q;2*+1/p-2. The van der Waals surface area contributed by atoms with E-state index in [0.717, 1.165) is 5.56 Å². The molecular formula is C13H11NNa2O6S3. The van der Waals surface area contributed by atoms with Gasteiger partial charge < -0.3 is 15.1 Å². The maximum Gasteiger partial charge on any atom is 1.00 e. The second-order valence-corrected chi connectivity index (χ2v) is 7.43. The molecule has 0 saturated carbocycles. The van der Waals surface area contributed by atoms with E-state index in [0.29, 0.717) is 38.4 Å². The summed E-state index contributed by atoms with van der Waals surface area (Å²) in [5.74, 6) is 0. The van der Waals surface area contributed by atoms with Gasteiger partial charge in [0.05, 0.1) is 21.9 Å². The number of hydrogen-bond acceptors (Lipinski definition) is 8. The van der Waals surface area contributed by atoms with E-state index < -0.39 is 10.1 Å². The van der Waals surface area contributed by atoms with Gasteiger partial charge in [-0.3, -0.25) is 5.04 Å². The van der Waals surface area contributed by atoms with Crippen molar-refractivity contribution in [1.82, 2.24) is 0 Å². The molecule has 0 radical (unpaired) electrons. The Morgan fingerprint density at radius 3 is 2.40 bits per heavy atom. The Balaban J connectivity index is 0.00000288. The van der Waals surface area contributed by atoms with Crippen LogP contribution in [-0.4, -0.2) is 18.0 Å². The predicted octanol–water partition coefficient (Wildman–Crippen LogP) is -3.95. The molecule has 0 aromatic heterocycles. The van der Waals surface area contributed by atoms with Crippen molar-refractivity contribution in [3.05, 3.63) is 29.8 Å². The third-order valence-electron chi connectivity index (χ3n) is 2.95. The molecule has 0 aliphatic carbocycles. The van der Waals surface area contributed by atoms with Crippen LogP contribution < -0.4 is 69.7 Å². The van der Waals surface area contributed by atoms with E-state index in [4.69, 9.17) is 12.2 Å². The van der Waals surface area contributed by atoms with E-state index in [2.05, 4.69) is 14.7 Å². The molecule has 0 saturated heterocycles. The van der Waals surface area contributed by atoms with Gasteiger partial charge in [0.1, 0.15) is 10.1 Å². The molecule has 0 aliphatic heterocycles. The number of benzene rings is 2. The third-order valence-corrected chi connectivity index (χ3v) is 4.42. The molecule has 0 spiro atoms. The maximum absolute atomic E-state index is 11.3. The molecule has 0 atom stereocenters. The van der Waals surface area contributed by atoms with Crippen molar-refractivity contribution in [2.24, 2.45) is 0 Å². The Kier molecular flexibility index (Phi) is 11.2. The summed E-state index contributed by atoms with van der Waals surface area (Å²) in [4.78, 5) is 0.551.